The predicted molar refractivity (Wildman–Crippen MR) is 112 cm³/mol. The predicted octanol–water partition coefficient (Wildman–Crippen LogP) is 2.95. The Morgan fingerprint density at radius 2 is 2.17 bits per heavy atom. The lowest BCUT2D eigenvalue weighted by Crippen LogP contribution is -2.36. The Balaban J connectivity index is 1.54. The van der Waals surface area contributed by atoms with Gasteiger partial charge in [0.25, 0.3) is 5.56 Å². The van der Waals surface area contributed by atoms with Crippen molar-refractivity contribution in [3.8, 4) is 11.4 Å². The zero-order valence-corrected chi connectivity index (χ0v) is 17.2. The fourth-order valence-corrected chi connectivity index (χ4v) is 3.88. The van der Waals surface area contributed by atoms with Crippen molar-refractivity contribution in [3.63, 3.8) is 0 Å². The van der Waals surface area contributed by atoms with Crippen molar-refractivity contribution in [2.75, 3.05) is 18.0 Å². The molecule has 1 saturated heterocycles. The molecule has 152 valence electrons. The summed E-state index contributed by atoms with van der Waals surface area (Å²) in [4.78, 5) is 26.1. The van der Waals surface area contributed by atoms with Crippen LogP contribution in [0.1, 0.15) is 57.1 Å². The number of nitrogens with one attached hydrogen (secondary N) is 1. The quantitative estimate of drug-likeness (QED) is 0.716. The van der Waals surface area contributed by atoms with Crippen LogP contribution in [0, 0.1) is 0 Å². The second kappa shape index (κ2) is 8.14. The second-order valence-electron chi connectivity index (χ2n) is 7.82. The molecule has 0 bridgehead atoms. The van der Waals surface area contributed by atoms with Crippen molar-refractivity contribution in [3.05, 3.63) is 52.6 Å². The molecule has 8 nitrogen and oxygen atoms in total. The third-order valence-corrected chi connectivity index (χ3v) is 5.45. The molecule has 0 aliphatic carbocycles. The fourth-order valence-electron chi connectivity index (χ4n) is 3.88. The monoisotopic (exact) mass is 393 g/mol. The molecule has 1 atom stereocenters. The van der Waals surface area contributed by atoms with E-state index >= 15 is 0 Å². The van der Waals surface area contributed by atoms with E-state index in [1.165, 1.54) is 6.07 Å². The van der Waals surface area contributed by atoms with E-state index in [1.54, 1.807) is 6.20 Å². The average Bonchev–Trinajstić information content (AvgIpc) is 3.24. The minimum Gasteiger partial charge on any atom is -0.356 e. The van der Waals surface area contributed by atoms with Gasteiger partial charge in [-0.2, -0.15) is 0 Å². The smallest absolute Gasteiger partial charge is 0.251 e. The van der Waals surface area contributed by atoms with Gasteiger partial charge in [-0.25, -0.2) is 9.97 Å². The number of aryl methyl sites for hydroxylation is 1. The van der Waals surface area contributed by atoms with Gasteiger partial charge >= 0.3 is 0 Å². The maximum Gasteiger partial charge on any atom is 0.251 e. The molecule has 1 unspecified atom stereocenters. The topological polar surface area (TPSA) is 92.6 Å². The van der Waals surface area contributed by atoms with Crippen molar-refractivity contribution in [2.45, 2.75) is 52.0 Å². The van der Waals surface area contributed by atoms with E-state index in [2.05, 4.69) is 48.5 Å². The van der Waals surface area contributed by atoms with Crippen molar-refractivity contribution >= 4 is 5.82 Å². The summed E-state index contributed by atoms with van der Waals surface area (Å²) in [6.45, 7) is 8.14. The summed E-state index contributed by atoms with van der Waals surface area (Å²) < 4.78 is 2.16. The molecule has 8 heteroatoms. The molecule has 3 aromatic heterocycles. The zero-order chi connectivity index (χ0) is 20.4. The minimum atomic E-state index is -0.135. The molecular formula is C21H27N7O. The Morgan fingerprint density at radius 1 is 1.31 bits per heavy atom. The van der Waals surface area contributed by atoms with Gasteiger partial charge in [-0.1, -0.05) is 6.92 Å². The number of pyridine rings is 1. The molecule has 1 N–H and O–H groups in total. The lowest BCUT2D eigenvalue weighted by molar-refractivity contribution is 0.453. The molecule has 0 saturated carbocycles. The van der Waals surface area contributed by atoms with Gasteiger partial charge in [-0.15, -0.1) is 10.2 Å². The number of piperidine rings is 1. The third kappa shape index (κ3) is 4.06. The molecule has 0 radical (unpaired) electrons. The van der Waals surface area contributed by atoms with Gasteiger partial charge in [0.05, 0.1) is 0 Å². The molecule has 4 heterocycles. The van der Waals surface area contributed by atoms with Gasteiger partial charge in [0.1, 0.15) is 23.8 Å². The van der Waals surface area contributed by atoms with Crippen LogP contribution in [-0.2, 0) is 6.42 Å². The largest absolute Gasteiger partial charge is 0.356 e. The fraction of sp³-hybridized carbons (Fsp3) is 0.476. The van der Waals surface area contributed by atoms with Crippen LogP contribution in [0.5, 0.6) is 0 Å². The summed E-state index contributed by atoms with van der Waals surface area (Å²) >= 11 is 0. The van der Waals surface area contributed by atoms with Gasteiger partial charge in [0, 0.05) is 48.6 Å². The average molecular weight is 393 g/mol. The molecule has 29 heavy (non-hydrogen) atoms. The Labute approximate surface area is 170 Å². The number of H-pyrrole nitrogens is 1. The molecule has 1 aliphatic heterocycles. The van der Waals surface area contributed by atoms with E-state index in [1.807, 2.05) is 25.4 Å². The van der Waals surface area contributed by atoms with Crippen LogP contribution < -0.4 is 10.5 Å². The number of hydrogen-bond donors (Lipinski definition) is 1. The number of aromatic amines is 1. The van der Waals surface area contributed by atoms with Crippen LogP contribution >= 0.6 is 0 Å². The molecular weight excluding hydrogens is 366 g/mol. The Morgan fingerprint density at radius 3 is 2.90 bits per heavy atom. The highest BCUT2D eigenvalue weighted by atomic mass is 16.1. The molecule has 1 fully saturated rings. The van der Waals surface area contributed by atoms with Crippen molar-refractivity contribution < 1.29 is 0 Å². The summed E-state index contributed by atoms with van der Waals surface area (Å²) in [5.41, 5.74) is 1.46. The molecule has 1 aliphatic rings. The van der Waals surface area contributed by atoms with Gasteiger partial charge in [-0.3, -0.25) is 4.79 Å². The van der Waals surface area contributed by atoms with Crippen molar-refractivity contribution in [1.82, 2.24) is 29.7 Å². The first-order valence-electron chi connectivity index (χ1n) is 10.3. The SMILES string of the molecule is CCc1cc(=O)[nH]c(-c2ccc(N3CCCC(c4nncn4C(C)C)C3)nc2)n1. The van der Waals surface area contributed by atoms with Crippen LogP contribution in [0.4, 0.5) is 5.82 Å². The lowest BCUT2D eigenvalue weighted by atomic mass is 9.97. The number of rotatable bonds is 5. The first-order chi connectivity index (χ1) is 14.0. The maximum atomic E-state index is 11.8. The molecule has 0 spiro atoms. The lowest BCUT2D eigenvalue weighted by Gasteiger charge is -2.33. The number of aromatic nitrogens is 6. The van der Waals surface area contributed by atoms with Gasteiger partial charge < -0.3 is 14.5 Å². The van der Waals surface area contributed by atoms with Crippen LogP contribution in [0.25, 0.3) is 11.4 Å². The number of anilines is 1. The van der Waals surface area contributed by atoms with Crippen LogP contribution in [0.15, 0.2) is 35.5 Å². The first kappa shape index (κ1) is 19.3. The van der Waals surface area contributed by atoms with Gasteiger partial charge in [0.15, 0.2) is 0 Å². The summed E-state index contributed by atoms with van der Waals surface area (Å²) in [6, 6.07) is 5.86. The van der Waals surface area contributed by atoms with E-state index < -0.39 is 0 Å². The van der Waals surface area contributed by atoms with Crippen LogP contribution in [-0.4, -0.2) is 42.8 Å². The van der Waals surface area contributed by atoms with Crippen molar-refractivity contribution in [1.29, 1.82) is 0 Å². The van der Waals surface area contributed by atoms with Gasteiger partial charge in [0.2, 0.25) is 0 Å². The summed E-state index contributed by atoms with van der Waals surface area (Å²) in [7, 11) is 0. The number of nitrogens with zero attached hydrogens (tertiary/aromatic N) is 6. The normalized spacial score (nSPS) is 17.1. The molecule has 0 aromatic carbocycles. The molecule has 0 amide bonds. The van der Waals surface area contributed by atoms with Crippen LogP contribution in [0.2, 0.25) is 0 Å². The van der Waals surface area contributed by atoms with E-state index in [0.717, 1.165) is 55.3 Å². The first-order valence-corrected chi connectivity index (χ1v) is 10.3. The Bertz CT molecular complexity index is 1020. The zero-order valence-electron chi connectivity index (χ0n) is 17.2. The van der Waals surface area contributed by atoms with Crippen LogP contribution in [0.3, 0.4) is 0 Å². The van der Waals surface area contributed by atoms with E-state index in [9.17, 15) is 4.79 Å². The Hall–Kier alpha value is -3.03. The highest BCUT2D eigenvalue weighted by Gasteiger charge is 2.26. The third-order valence-electron chi connectivity index (χ3n) is 5.45. The van der Waals surface area contributed by atoms with E-state index in [4.69, 9.17) is 0 Å². The second-order valence-corrected chi connectivity index (χ2v) is 7.82. The van der Waals surface area contributed by atoms with E-state index in [-0.39, 0.29) is 5.56 Å². The highest BCUT2D eigenvalue weighted by Crippen LogP contribution is 2.29. The minimum absolute atomic E-state index is 0.135. The highest BCUT2D eigenvalue weighted by molar-refractivity contribution is 5.56. The molecule has 3 aromatic rings. The standard InChI is InChI=1S/C21H27N7O/c1-4-17-10-19(29)25-20(24-17)15-7-8-18(22-11-15)27-9-5-6-16(12-27)21-26-23-13-28(21)14(2)3/h7-8,10-11,13-14,16H,4-6,9,12H2,1-3H3,(H,24,25,29). The Kier molecular flexibility index (Phi) is 5.42. The van der Waals surface area contributed by atoms with Gasteiger partial charge in [-0.05, 0) is 45.2 Å². The summed E-state index contributed by atoms with van der Waals surface area (Å²) in [5.74, 6) is 2.90. The molecule has 4 rings (SSSR count). The van der Waals surface area contributed by atoms with Crippen molar-refractivity contribution in [2.24, 2.45) is 0 Å². The van der Waals surface area contributed by atoms with E-state index in [0.29, 0.717) is 17.8 Å². The summed E-state index contributed by atoms with van der Waals surface area (Å²) in [5, 5.41) is 8.52. The summed E-state index contributed by atoms with van der Waals surface area (Å²) in [6.07, 6.45) is 6.53. The number of hydrogen-bond acceptors (Lipinski definition) is 6. The maximum absolute atomic E-state index is 11.8.